The highest BCUT2D eigenvalue weighted by Crippen LogP contribution is 2.22. The summed E-state index contributed by atoms with van der Waals surface area (Å²) in [7, 11) is 0. The zero-order valence-corrected chi connectivity index (χ0v) is 12.3. The van der Waals surface area contributed by atoms with Crippen LogP contribution in [0.5, 0.6) is 5.75 Å². The van der Waals surface area contributed by atoms with Crippen molar-refractivity contribution in [2.75, 3.05) is 0 Å². The molecule has 2 aromatic carbocycles. The van der Waals surface area contributed by atoms with E-state index in [1.807, 2.05) is 0 Å². The van der Waals surface area contributed by atoms with Crippen molar-refractivity contribution in [3.05, 3.63) is 70.0 Å². The number of carbonyl (C=O) groups is 2. The van der Waals surface area contributed by atoms with Crippen molar-refractivity contribution in [3.63, 3.8) is 0 Å². The Labute approximate surface area is 135 Å². The van der Waals surface area contributed by atoms with Crippen LogP contribution in [0.1, 0.15) is 12.0 Å². The van der Waals surface area contributed by atoms with Crippen LogP contribution >= 0.6 is 0 Å². The molecule has 8 heteroatoms. The summed E-state index contributed by atoms with van der Waals surface area (Å²) in [5, 5.41) is 10.5. The molecule has 2 rings (SSSR count). The SMILES string of the molecule is O=C(CC(=O)Oc1ccc([N+](=O)[O-])cc1F)OCc1ccccc1. The second-order valence-corrected chi connectivity index (χ2v) is 4.67. The number of esters is 2. The Morgan fingerprint density at radius 1 is 1.08 bits per heavy atom. The fourth-order valence-corrected chi connectivity index (χ4v) is 1.75. The van der Waals surface area contributed by atoms with E-state index >= 15 is 0 Å². The first-order chi connectivity index (χ1) is 11.5. The summed E-state index contributed by atoms with van der Waals surface area (Å²) in [6, 6.07) is 11.4. The van der Waals surface area contributed by atoms with Gasteiger partial charge in [-0.1, -0.05) is 30.3 Å². The highest BCUT2D eigenvalue weighted by atomic mass is 19.1. The average molecular weight is 333 g/mol. The van der Waals surface area contributed by atoms with Crippen molar-refractivity contribution >= 4 is 17.6 Å². The number of nitrogens with zero attached hydrogens (tertiary/aromatic N) is 1. The Morgan fingerprint density at radius 3 is 2.42 bits per heavy atom. The van der Waals surface area contributed by atoms with Crippen LogP contribution in [0.4, 0.5) is 10.1 Å². The fraction of sp³-hybridized carbons (Fsp3) is 0.125. The maximum atomic E-state index is 13.6. The summed E-state index contributed by atoms with van der Waals surface area (Å²) in [5.74, 6) is -3.43. The molecule has 24 heavy (non-hydrogen) atoms. The molecule has 7 nitrogen and oxygen atoms in total. The highest BCUT2D eigenvalue weighted by Gasteiger charge is 2.17. The van der Waals surface area contributed by atoms with Gasteiger partial charge in [0.2, 0.25) is 0 Å². The van der Waals surface area contributed by atoms with Gasteiger partial charge < -0.3 is 9.47 Å². The third-order valence-corrected chi connectivity index (χ3v) is 2.88. The van der Waals surface area contributed by atoms with Gasteiger partial charge in [0.25, 0.3) is 5.69 Å². The molecule has 0 amide bonds. The van der Waals surface area contributed by atoms with E-state index < -0.39 is 40.5 Å². The van der Waals surface area contributed by atoms with E-state index in [-0.39, 0.29) is 6.61 Å². The predicted octanol–water partition coefficient (Wildman–Crippen LogP) is 2.77. The molecule has 0 N–H and O–H groups in total. The Balaban J connectivity index is 1.86. The summed E-state index contributed by atoms with van der Waals surface area (Å²) >= 11 is 0. The number of carbonyl (C=O) groups excluding carboxylic acids is 2. The van der Waals surface area contributed by atoms with Crippen molar-refractivity contribution in [2.45, 2.75) is 13.0 Å². The van der Waals surface area contributed by atoms with Gasteiger partial charge in [0.15, 0.2) is 11.6 Å². The van der Waals surface area contributed by atoms with E-state index in [0.29, 0.717) is 6.07 Å². The second-order valence-electron chi connectivity index (χ2n) is 4.67. The number of hydrogen-bond acceptors (Lipinski definition) is 6. The Kier molecular flexibility index (Phi) is 5.56. The molecule has 124 valence electrons. The first-order valence-electron chi connectivity index (χ1n) is 6.80. The van der Waals surface area contributed by atoms with Crippen LogP contribution in [-0.4, -0.2) is 16.9 Å². The van der Waals surface area contributed by atoms with Crippen molar-refractivity contribution < 1.29 is 28.4 Å². The number of non-ortho nitro benzene ring substituents is 1. The van der Waals surface area contributed by atoms with Crippen molar-refractivity contribution in [1.29, 1.82) is 0 Å². The monoisotopic (exact) mass is 333 g/mol. The third-order valence-electron chi connectivity index (χ3n) is 2.88. The number of nitro groups is 1. The molecule has 0 aliphatic carbocycles. The summed E-state index contributed by atoms with van der Waals surface area (Å²) < 4.78 is 23.1. The highest BCUT2D eigenvalue weighted by molar-refractivity contribution is 5.92. The van der Waals surface area contributed by atoms with Crippen LogP contribution in [-0.2, 0) is 20.9 Å². The summed E-state index contributed by atoms with van der Waals surface area (Å²) in [6.45, 7) is -0.00114. The Morgan fingerprint density at radius 2 is 1.79 bits per heavy atom. The van der Waals surface area contributed by atoms with Gasteiger partial charge in [0.1, 0.15) is 13.0 Å². The number of rotatable bonds is 6. The van der Waals surface area contributed by atoms with E-state index in [1.54, 1.807) is 30.3 Å². The van der Waals surface area contributed by atoms with Gasteiger partial charge in [-0.15, -0.1) is 0 Å². The first kappa shape index (κ1) is 17.1. The molecule has 0 unspecified atom stereocenters. The van der Waals surface area contributed by atoms with E-state index in [0.717, 1.165) is 17.7 Å². The van der Waals surface area contributed by atoms with Crippen LogP contribution in [0.25, 0.3) is 0 Å². The lowest BCUT2D eigenvalue weighted by Gasteiger charge is -2.06. The molecular weight excluding hydrogens is 321 g/mol. The van der Waals surface area contributed by atoms with E-state index in [9.17, 15) is 24.1 Å². The largest absolute Gasteiger partial charge is 0.460 e. The van der Waals surface area contributed by atoms with Gasteiger partial charge in [-0.3, -0.25) is 19.7 Å². The maximum Gasteiger partial charge on any atom is 0.322 e. The molecule has 0 aromatic heterocycles. The zero-order valence-electron chi connectivity index (χ0n) is 12.3. The van der Waals surface area contributed by atoms with Crippen molar-refractivity contribution in [2.24, 2.45) is 0 Å². The van der Waals surface area contributed by atoms with Gasteiger partial charge in [0.05, 0.1) is 11.0 Å². The number of benzene rings is 2. The van der Waals surface area contributed by atoms with Crippen LogP contribution in [0.3, 0.4) is 0 Å². The quantitative estimate of drug-likeness (QED) is 0.265. The minimum absolute atomic E-state index is 0.00114. The smallest absolute Gasteiger partial charge is 0.322 e. The number of nitro benzene ring substituents is 1. The Hall–Kier alpha value is -3.29. The van der Waals surface area contributed by atoms with E-state index in [1.165, 1.54) is 0 Å². The maximum absolute atomic E-state index is 13.6. The molecule has 0 saturated heterocycles. The normalized spacial score (nSPS) is 10.0. The molecule has 0 spiro atoms. The molecule has 0 heterocycles. The summed E-state index contributed by atoms with van der Waals surface area (Å²) in [4.78, 5) is 32.8. The van der Waals surface area contributed by atoms with Crippen molar-refractivity contribution in [3.8, 4) is 5.75 Å². The van der Waals surface area contributed by atoms with Crippen molar-refractivity contribution in [1.82, 2.24) is 0 Å². The van der Waals surface area contributed by atoms with Gasteiger partial charge in [0, 0.05) is 6.07 Å². The molecule has 0 aliphatic rings. The van der Waals surface area contributed by atoms with Crippen LogP contribution in [0.15, 0.2) is 48.5 Å². The summed E-state index contributed by atoms with van der Waals surface area (Å²) in [6.07, 6.45) is -0.705. The van der Waals surface area contributed by atoms with Gasteiger partial charge in [-0.05, 0) is 11.6 Å². The molecular formula is C16H12FNO6. The lowest BCUT2D eigenvalue weighted by molar-refractivity contribution is -0.385. The molecule has 0 bridgehead atoms. The summed E-state index contributed by atoms with van der Waals surface area (Å²) in [5.41, 5.74) is 0.273. The molecule has 0 saturated carbocycles. The second kappa shape index (κ2) is 7.82. The number of hydrogen-bond donors (Lipinski definition) is 0. The Bertz CT molecular complexity index is 762. The number of halogens is 1. The fourth-order valence-electron chi connectivity index (χ4n) is 1.75. The lowest BCUT2D eigenvalue weighted by Crippen LogP contribution is -2.16. The molecule has 2 aromatic rings. The molecule has 0 atom stereocenters. The molecule has 0 radical (unpaired) electrons. The van der Waals surface area contributed by atoms with Gasteiger partial charge >= 0.3 is 11.9 Å². The zero-order chi connectivity index (χ0) is 17.5. The van der Waals surface area contributed by atoms with Crippen LogP contribution in [0, 0.1) is 15.9 Å². The van der Waals surface area contributed by atoms with Gasteiger partial charge in [-0.2, -0.15) is 0 Å². The van der Waals surface area contributed by atoms with Crippen LogP contribution in [0.2, 0.25) is 0 Å². The van der Waals surface area contributed by atoms with E-state index in [4.69, 9.17) is 4.74 Å². The minimum atomic E-state index is -1.07. The van der Waals surface area contributed by atoms with Crippen LogP contribution < -0.4 is 4.74 Å². The van der Waals surface area contributed by atoms with E-state index in [2.05, 4.69) is 4.74 Å². The van der Waals surface area contributed by atoms with Gasteiger partial charge in [-0.25, -0.2) is 4.39 Å². The molecule has 0 aliphatic heterocycles. The third kappa shape index (κ3) is 4.87. The number of ether oxygens (including phenoxy) is 2. The predicted molar refractivity (Wildman–Crippen MR) is 79.5 cm³/mol. The lowest BCUT2D eigenvalue weighted by atomic mass is 10.2. The average Bonchev–Trinajstić information content (AvgIpc) is 2.55. The molecule has 0 fully saturated rings. The first-order valence-corrected chi connectivity index (χ1v) is 6.80. The standard InChI is InChI=1S/C16H12FNO6/c17-13-8-12(18(21)22)6-7-14(13)24-16(20)9-15(19)23-10-11-4-2-1-3-5-11/h1-8H,9-10H2. The minimum Gasteiger partial charge on any atom is -0.460 e. The topological polar surface area (TPSA) is 95.7 Å².